The summed E-state index contributed by atoms with van der Waals surface area (Å²) in [6.07, 6.45) is 4.48. The summed E-state index contributed by atoms with van der Waals surface area (Å²) >= 11 is 0. The summed E-state index contributed by atoms with van der Waals surface area (Å²) in [5.74, 6) is 0.814. The van der Waals surface area contributed by atoms with Crippen LogP contribution in [0.25, 0.3) is 0 Å². The van der Waals surface area contributed by atoms with Crippen LogP contribution in [-0.2, 0) is 6.54 Å². The van der Waals surface area contributed by atoms with E-state index in [9.17, 15) is 4.79 Å². The molecule has 6 heteroatoms. The van der Waals surface area contributed by atoms with Crippen LogP contribution in [0.4, 0.5) is 10.5 Å². The molecule has 1 fully saturated rings. The predicted octanol–water partition coefficient (Wildman–Crippen LogP) is 2.49. The number of hydrogen-bond acceptors (Lipinski definition) is 4. The molecule has 1 atom stereocenters. The van der Waals surface area contributed by atoms with Crippen molar-refractivity contribution >= 4 is 11.7 Å². The Hall–Kier alpha value is -2.76. The Morgan fingerprint density at radius 1 is 1.33 bits per heavy atom. The minimum atomic E-state index is -0.0266. The number of carbonyl (C=O) groups excluding carboxylic acids is 1. The van der Waals surface area contributed by atoms with Gasteiger partial charge in [-0.3, -0.25) is 4.98 Å². The second-order valence-corrected chi connectivity index (χ2v) is 5.82. The Morgan fingerprint density at radius 2 is 2.17 bits per heavy atom. The standard InChI is InChI=1S/C18H22N4O2/c1-24-17-6-4-14(5-7-17)11-20-18(23)22-10-8-16(13-22)21-15-3-2-9-19-12-15/h2-7,9,12,16,21H,8,10-11,13H2,1H3,(H,20,23)/t16-/m1/s1. The van der Waals surface area contributed by atoms with Crippen LogP contribution in [-0.4, -0.2) is 42.2 Å². The van der Waals surface area contributed by atoms with Gasteiger partial charge in [0.05, 0.1) is 12.8 Å². The van der Waals surface area contributed by atoms with E-state index in [1.807, 2.05) is 41.3 Å². The van der Waals surface area contributed by atoms with Crippen LogP contribution in [0, 0.1) is 0 Å². The Labute approximate surface area is 141 Å². The second-order valence-electron chi connectivity index (χ2n) is 5.82. The van der Waals surface area contributed by atoms with Gasteiger partial charge in [-0.25, -0.2) is 4.79 Å². The third-order valence-corrected chi connectivity index (χ3v) is 4.11. The molecule has 2 heterocycles. The fourth-order valence-electron chi connectivity index (χ4n) is 2.78. The van der Waals surface area contributed by atoms with Gasteiger partial charge in [0, 0.05) is 38.1 Å². The quantitative estimate of drug-likeness (QED) is 0.886. The van der Waals surface area contributed by atoms with Gasteiger partial charge in [0.2, 0.25) is 0 Å². The van der Waals surface area contributed by atoms with Gasteiger partial charge in [-0.15, -0.1) is 0 Å². The van der Waals surface area contributed by atoms with E-state index >= 15 is 0 Å². The van der Waals surface area contributed by atoms with Gasteiger partial charge < -0.3 is 20.3 Å². The number of carbonyl (C=O) groups is 1. The van der Waals surface area contributed by atoms with Crippen LogP contribution >= 0.6 is 0 Å². The number of likely N-dealkylation sites (tertiary alicyclic amines) is 1. The lowest BCUT2D eigenvalue weighted by atomic mass is 10.2. The first-order valence-electron chi connectivity index (χ1n) is 8.07. The van der Waals surface area contributed by atoms with Crippen molar-refractivity contribution in [1.82, 2.24) is 15.2 Å². The SMILES string of the molecule is COc1ccc(CNC(=O)N2CC[C@@H](Nc3cccnc3)C2)cc1. The van der Waals surface area contributed by atoms with Gasteiger partial charge in [-0.05, 0) is 36.2 Å². The molecular formula is C18H22N4O2. The second kappa shape index (κ2) is 7.68. The monoisotopic (exact) mass is 326 g/mol. The lowest BCUT2D eigenvalue weighted by Gasteiger charge is -2.18. The molecule has 126 valence electrons. The molecule has 0 bridgehead atoms. The van der Waals surface area contributed by atoms with Crippen molar-refractivity contribution < 1.29 is 9.53 Å². The summed E-state index contributed by atoms with van der Waals surface area (Å²) in [6, 6.07) is 11.8. The van der Waals surface area contributed by atoms with E-state index in [1.54, 1.807) is 19.5 Å². The zero-order valence-corrected chi connectivity index (χ0v) is 13.7. The number of hydrogen-bond donors (Lipinski definition) is 2. The fourth-order valence-corrected chi connectivity index (χ4v) is 2.78. The van der Waals surface area contributed by atoms with Crippen molar-refractivity contribution in [2.24, 2.45) is 0 Å². The van der Waals surface area contributed by atoms with E-state index < -0.39 is 0 Å². The smallest absolute Gasteiger partial charge is 0.317 e. The number of ether oxygens (including phenoxy) is 1. The lowest BCUT2D eigenvalue weighted by molar-refractivity contribution is 0.208. The van der Waals surface area contributed by atoms with Crippen LogP contribution in [0.15, 0.2) is 48.8 Å². The molecule has 1 saturated heterocycles. The molecular weight excluding hydrogens is 304 g/mol. The van der Waals surface area contributed by atoms with Crippen molar-refractivity contribution in [3.63, 3.8) is 0 Å². The summed E-state index contributed by atoms with van der Waals surface area (Å²) in [6.45, 7) is 1.97. The number of nitrogens with zero attached hydrogens (tertiary/aromatic N) is 2. The summed E-state index contributed by atoms with van der Waals surface area (Å²) in [5, 5.41) is 6.38. The van der Waals surface area contributed by atoms with Crippen LogP contribution < -0.4 is 15.4 Å². The number of urea groups is 1. The number of amides is 2. The maximum atomic E-state index is 12.3. The largest absolute Gasteiger partial charge is 0.497 e. The maximum Gasteiger partial charge on any atom is 0.317 e. The number of anilines is 1. The molecule has 0 saturated carbocycles. The molecule has 2 N–H and O–H groups in total. The van der Waals surface area contributed by atoms with E-state index in [1.165, 1.54) is 0 Å². The van der Waals surface area contributed by atoms with E-state index in [0.717, 1.165) is 30.0 Å². The van der Waals surface area contributed by atoms with Crippen LogP contribution in [0.1, 0.15) is 12.0 Å². The third-order valence-electron chi connectivity index (χ3n) is 4.11. The average molecular weight is 326 g/mol. The Morgan fingerprint density at radius 3 is 2.88 bits per heavy atom. The van der Waals surface area contributed by atoms with Crippen LogP contribution in [0.2, 0.25) is 0 Å². The zero-order valence-electron chi connectivity index (χ0n) is 13.7. The predicted molar refractivity (Wildman–Crippen MR) is 93.1 cm³/mol. The summed E-state index contributed by atoms with van der Waals surface area (Å²) in [7, 11) is 1.64. The molecule has 2 aromatic rings. The van der Waals surface area contributed by atoms with Gasteiger partial charge in [0.25, 0.3) is 0 Å². The molecule has 1 aromatic carbocycles. The topological polar surface area (TPSA) is 66.5 Å². The molecule has 3 rings (SSSR count). The van der Waals surface area contributed by atoms with Crippen molar-refractivity contribution in [3.05, 3.63) is 54.4 Å². The first-order chi connectivity index (χ1) is 11.7. The van der Waals surface area contributed by atoms with Gasteiger partial charge in [0.1, 0.15) is 5.75 Å². The van der Waals surface area contributed by atoms with Gasteiger partial charge in [-0.1, -0.05) is 12.1 Å². The van der Waals surface area contributed by atoms with Crippen molar-refractivity contribution in [3.8, 4) is 5.75 Å². The summed E-state index contributed by atoms with van der Waals surface area (Å²) < 4.78 is 5.13. The number of rotatable bonds is 5. The molecule has 6 nitrogen and oxygen atoms in total. The highest BCUT2D eigenvalue weighted by atomic mass is 16.5. The Balaban J connectivity index is 1.45. The van der Waals surface area contributed by atoms with Gasteiger partial charge >= 0.3 is 6.03 Å². The van der Waals surface area contributed by atoms with E-state index in [0.29, 0.717) is 13.1 Å². The highest BCUT2D eigenvalue weighted by Gasteiger charge is 2.25. The number of methoxy groups -OCH3 is 1. The Bertz CT molecular complexity index is 660. The molecule has 0 radical (unpaired) electrons. The normalized spacial score (nSPS) is 16.7. The Kier molecular flexibility index (Phi) is 5.15. The van der Waals surface area contributed by atoms with Crippen LogP contribution in [0.5, 0.6) is 5.75 Å². The molecule has 1 aliphatic heterocycles. The van der Waals surface area contributed by atoms with Crippen molar-refractivity contribution in [2.75, 3.05) is 25.5 Å². The van der Waals surface area contributed by atoms with Gasteiger partial charge in [-0.2, -0.15) is 0 Å². The number of nitrogens with one attached hydrogen (secondary N) is 2. The fraction of sp³-hybridized carbons (Fsp3) is 0.333. The van der Waals surface area contributed by atoms with Gasteiger partial charge in [0.15, 0.2) is 0 Å². The minimum absolute atomic E-state index is 0.0266. The molecule has 2 amide bonds. The zero-order chi connectivity index (χ0) is 16.8. The maximum absolute atomic E-state index is 12.3. The third kappa shape index (κ3) is 4.16. The van der Waals surface area contributed by atoms with E-state index in [-0.39, 0.29) is 12.1 Å². The number of aromatic nitrogens is 1. The first-order valence-corrected chi connectivity index (χ1v) is 8.07. The van der Waals surface area contributed by atoms with E-state index in [2.05, 4.69) is 15.6 Å². The highest BCUT2D eigenvalue weighted by Crippen LogP contribution is 2.15. The average Bonchev–Trinajstić information content (AvgIpc) is 3.09. The summed E-state index contributed by atoms with van der Waals surface area (Å²) in [5.41, 5.74) is 2.04. The minimum Gasteiger partial charge on any atom is -0.497 e. The molecule has 0 unspecified atom stereocenters. The number of benzene rings is 1. The van der Waals surface area contributed by atoms with Crippen LogP contribution in [0.3, 0.4) is 0 Å². The summed E-state index contributed by atoms with van der Waals surface area (Å²) in [4.78, 5) is 18.2. The highest BCUT2D eigenvalue weighted by molar-refractivity contribution is 5.74. The molecule has 0 aliphatic carbocycles. The van der Waals surface area contributed by atoms with Crippen molar-refractivity contribution in [1.29, 1.82) is 0 Å². The molecule has 24 heavy (non-hydrogen) atoms. The molecule has 1 aliphatic rings. The molecule has 0 spiro atoms. The lowest BCUT2D eigenvalue weighted by Crippen LogP contribution is -2.39. The van der Waals surface area contributed by atoms with Crippen molar-refractivity contribution in [2.45, 2.75) is 19.0 Å². The number of pyridine rings is 1. The van der Waals surface area contributed by atoms with E-state index in [4.69, 9.17) is 4.74 Å². The molecule has 1 aromatic heterocycles. The first kappa shape index (κ1) is 16.1.